The number of nitrogen functional groups attached to an aromatic ring is 1. The van der Waals surface area contributed by atoms with Crippen molar-refractivity contribution in [3.63, 3.8) is 0 Å². The van der Waals surface area contributed by atoms with Gasteiger partial charge in [0.2, 0.25) is 0 Å². The van der Waals surface area contributed by atoms with Gasteiger partial charge in [-0.2, -0.15) is 4.98 Å². The largest absolute Gasteiger partial charge is 0.481 e. The second kappa shape index (κ2) is 11.8. The maximum atomic E-state index is 11.5. The van der Waals surface area contributed by atoms with Crippen molar-refractivity contribution < 1.29 is 30.0 Å². The Balaban J connectivity index is 0.000000673. The molecule has 1 aliphatic rings. The van der Waals surface area contributed by atoms with Gasteiger partial charge in [0.1, 0.15) is 30.2 Å². The van der Waals surface area contributed by atoms with Crippen molar-refractivity contribution in [2.75, 3.05) is 18.9 Å². The number of ether oxygens (including phenoxy) is 1. The number of aliphatic hydroxyl groups is 3. The van der Waals surface area contributed by atoms with Crippen LogP contribution >= 0.6 is 12.4 Å². The van der Waals surface area contributed by atoms with Crippen LogP contribution in [-0.2, 0) is 16.1 Å². The third kappa shape index (κ3) is 7.23. The Morgan fingerprint density at radius 2 is 1.92 bits per heavy atom. The van der Waals surface area contributed by atoms with Crippen LogP contribution < -0.4 is 17.2 Å². The van der Waals surface area contributed by atoms with Gasteiger partial charge >= 0.3 is 11.7 Å². The van der Waals surface area contributed by atoms with Gasteiger partial charge in [-0.1, -0.05) is 0 Å². The predicted molar refractivity (Wildman–Crippen MR) is 93.8 cm³/mol. The smallest absolute Gasteiger partial charge is 0.349 e. The molecule has 8 N–H and O–H groups in total. The van der Waals surface area contributed by atoms with E-state index in [4.69, 9.17) is 26.4 Å². The molecule has 0 bridgehead atoms. The van der Waals surface area contributed by atoms with Crippen LogP contribution in [0.2, 0.25) is 0 Å². The molecule has 0 unspecified atom stereocenters. The molecule has 1 saturated heterocycles. The molecule has 1 aliphatic heterocycles. The lowest BCUT2D eigenvalue weighted by Gasteiger charge is -2.15. The van der Waals surface area contributed by atoms with Gasteiger partial charge in [0.05, 0.1) is 13.2 Å². The number of hydrogen-bond donors (Lipinski definition) is 6. The number of aliphatic carboxylic acids is 1. The zero-order chi connectivity index (χ0) is 19.0. The first kappa shape index (κ1) is 24.2. The molecular weight excluding hydrogens is 372 g/mol. The Morgan fingerprint density at radius 1 is 1.31 bits per heavy atom. The summed E-state index contributed by atoms with van der Waals surface area (Å²) < 4.78 is 6.47. The van der Waals surface area contributed by atoms with Crippen LogP contribution in [0.4, 0.5) is 5.82 Å². The summed E-state index contributed by atoms with van der Waals surface area (Å²) >= 11 is 0. The summed E-state index contributed by atoms with van der Waals surface area (Å²) in [4.78, 5) is 24.7. The van der Waals surface area contributed by atoms with Crippen molar-refractivity contribution in [2.45, 2.75) is 43.8 Å². The number of aromatic nitrogens is 2. The predicted octanol–water partition coefficient (Wildman–Crippen LogP) is -2.46. The fourth-order valence-corrected chi connectivity index (χ4v) is 2.16. The minimum absolute atomic E-state index is 0. The number of hydrogen-bond acceptors (Lipinski definition) is 9. The number of carboxylic acids is 1. The summed E-state index contributed by atoms with van der Waals surface area (Å²) in [5.41, 5.74) is 9.80. The summed E-state index contributed by atoms with van der Waals surface area (Å²) in [6.45, 7) is 0.0940. The van der Waals surface area contributed by atoms with Crippen LogP contribution in [0.3, 0.4) is 0 Å². The standard InChI is InChI=1S/C10H15N3O5.C4H9NO2.ClH/c11-7-1-2-13(10(17)12-7)3-5-8(15)9(16)6(4-14)18-5;5-3-1-2-4(6)7;/h1-2,5-6,8-9,14-16H,3-4H2,(H2,11,12,17);1-3,5H2,(H,6,7);1H/t5-,6+,8-,9+;;/m0../s1. The summed E-state index contributed by atoms with van der Waals surface area (Å²) in [6, 6.07) is 1.45. The molecule has 0 spiro atoms. The van der Waals surface area contributed by atoms with Crippen molar-refractivity contribution in [3.8, 4) is 0 Å². The molecule has 1 aromatic rings. The zero-order valence-corrected chi connectivity index (χ0v) is 14.8. The highest BCUT2D eigenvalue weighted by Crippen LogP contribution is 2.21. The van der Waals surface area contributed by atoms with Crippen molar-refractivity contribution in [1.29, 1.82) is 0 Å². The van der Waals surface area contributed by atoms with E-state index in [1.165, 1.54) is 16.8 Å². The van der Waals surface area contributed by atoms with Crippen LogP contribution in [0.15, 0.2) is 17.1 Å². The fourth-order valence-electron chi connectivity index (χ4n) is 2.16. The van der Waals surface area contributed by atoms with Crippen molar-refractivity contribution in [2.24, 2.45) is 5.73 Å². The number of aliphatic hydroxyl groups excluding tert-OH is 3. The van der Waals surface area contributed by atoms with Gasteiger partial charge in [-0.15, -0.1) is 12.4 Å². The Labute approximate surface area is 155 Å². The number of halogens is 1. The molecule has 12 heteroatoms. The highest BCUT2D eigenvalue weighted by Gasteiger charge is 2.42. The lowest BCUT2D eigenvalue weighted by atomic mass is 10.1. The van der Waals surface area contributed by atoms with E-state index in [1.807, 2.05) is 0 Å². The SMILES string of the molecule is Cl.NCCCC(=O)O.Nc1ccn(C[C@@H]2O[C@H](CO)[C@@H](O)[C@H]2O)c(=O)n1. The molecule has 11 nitrogen and oxygen atoms in total. The highest BCUT2D eigenvalue weighted by atomic mass is 35.5. The molecule has 4 atom stereocenters. The normalized spacial score (nSPS) is 24.3. The van der Waals surface area contributed by atoms with E-state index in [-0.39, 0.29) is 31.2 Å². The van der Waals surface area contributed by atoms with Gasteiger partial charge in [-0.3, -0.25) is 9.36 Å². The number of nitrogens with two attached hydrogens (primary N) is 2. The second-order valence-electron chi connectivity index (χ2n) is 5.45. The highest BCUT2D eigenvalue weighted by molar-refractivity contribution is 5.85. The molecule has 2 rings (SSSR count). The van der Waals surface area contributed by atoms with Crippen molar-refractivity contribution in [1.82, 2.24) is 9.55 Å². The lowest BCUT2D eigenvalue weighted by molar-refractivity contribution is -0.137. The first-order valence-electron chi connectivity index (χ1n) is 7.67. The Kier molecular flexibility index (Phi) is 11.0. The molecule has 1 fully saturated rings. The number of rotatable bonds is 6. The van der Waals surface area contributed by atoms with Crippen LogP contribution in [-0.4, -0.2) is 73.5 Å². The minimum atomic E-state index is -1.17. The van der Waals surface area contributed by atoms with Crippen LogP contribution in [0.1, 0.15) is 12.8 Å². The van der Waals surface area contributed by atoms with Gasteiger partial charge in [0.15, 0.2) is 0 Å². The first-order chi connectivity index (χ1) is 11.8. The Hall–Kier alpha value is -1.76. The summed E-state index contributed by atoms with van der Waals surface area (Å²) in [7, 11) is 0. The number of carbonyl (C=O) groups is 1. The van der Waals surface area contributed by atoms with Crippen LogP contribution in [0.5, 0.6) is 0 Å². The van der Waals surface area contributed by atoms with E-state index in [1.54, 1.807) is 0 Å². The fraction of sp³-hybridized carbons (Fsp3) is 0.643. The van der Waals surface area contributed by atoms with E-state index in [0.29, 0.717) is 13.0 Å². The van der Waals surface area contributed by atoms with Gasteiger partial charge in [0.25, 0.3) is 0 Å². The van der Waals surface area contributed by atoms with E-state index in [2.05, 4.69) is 4.98 Å². The summed E-state index contributed by atoms with van der Waals surface area (Å²) in [5, 5.41) is 36.2. The zero-order valence-electron chi connectivity index (χ0n) is 14.0. The minimum Gasteiger partial charge on any atom is -0.481 e. The van der Waals surface area contributed by atoms with Gasteiger partial charge < -0.3 is 36.6 Å². The topological polar surface area (TPSA) is 194 Å². The molecule has 0 aromatic carbocycles. The number of carboxylic acid groups (broad SMARTS) is 1. The average molecular weight is 397 g/mol. The van der Waals surface area contributed by atoms with Crippen LogP contribution in [0.25, 0.3) is 0 Å². The van der Waals surface area contributed by atoms with Gasteiger partial charge in [-0.05, 0) is 19.0 Å². The lowest BCUT2D eigenvalue weighted by Crippen LogP contribution is -2.37. The molecule has 0 saturated carbocycles. The van der Waals surface area contributed by atoms with Gasteiger partial charge in [0, 0.05) is 12.6 Å². The molecule has 1 aromatic heterocycles. The number of anilines is 1. The molecule has 0 aliphatic carbocycles. The molecule has 0 radical (unpaired) electrons. The molecular formula is C14H25ClN4O7. The van der Waals surface area contributed by atoms with Crippen LogP contribution in [0, 0.1) is 0 Å². The third-order valence-electron chi connectivity index (χ3n) is 3.51. The van der Waals surface area contributed by atoms with Crippen molar-refractivity contribution in [3.05, 3.63) is 22.7 Å². The summed E-state index contributed by atoms with van der Waals surface area (Å²) in [6.07, 6.45) is -1.75. The maximum absolute atomic E-state index is 11.5. The quantitative estimate of drug-likeness (QED) is 0.300. The summed E-state index contributed by atoms with van der Waals surface area (Å²) in [5.74, 6) is -0.664. The third-order valence-corrected chi connectivity index (χ3v) is 3.51. The Morgan fingerprint density at radius 3 is 2.35 bits per heavy atom. The molecule has 150 valence electrons. The molecule has 26 heavy (non-hydrogen) atoms. The van der Waals surface area contributed by atoms with E-state index in [0.717, 1.165) is 0 Å². The Bertz CT molecular complexity index is 615. The average Bonchev–Trinajstić information content (AvgIpc) is 2.84. The van der Waals surface area contributed by atoms with E-state index in [9.17, 15) is 19.8 Å². The van der Waals surface area contributed by atoms with E-state index >= 15 is 0 Å². The first-order valence-corrected chi connectivity index (χ1v) is 7.67. The number of nitrogens with zero attached hydrogens (tertiary/aromatic N) is 2. The van der Waals surface area contributed by atoms with E-state index < -0.39 is 42.7 Å². The maximum Gasteiger partial charge on any atom is 0.349 e. The monoisotopic (exact) mass is 396 g/mol. The van der Waals surface area contributed by atoms with Gasteiger partial charge in [-0.25, -0.2) is 4.79 Å². The molecule has 2 heterocycles. The molecule has 0 amide bonds. The van der Waals surface area contributed by atoms with Crippen molar-refractivity contribution >= 4 is 24.2 Å². The second-order valence-corrected chi connectivity index (χ2v) is 5.45.